The van der Waals surface area contributed by atoms with Gasteiger partial charge in [-0.1, -0.05) is 53.6 Å². The molecule has 0 saturated heterocycles. The van der Waals surface area contributed by atoms with Crippen LogP contribution in [0.5, 0.6) is 0 Å². The lowest BCUT2D eigenvalue weighted by molar-refractivity contribution is 0.313. The minimum Gasteiger partial charge on any atom is -0.282 e. The minimum absolute atomic E-state index is 0. The van der Waals surface area contributed by atoms with Crippen LogP contribution in [0.1, 0.15) is 22.3 Å². The van der Waals surface area contributed by atoms with E-state index in [0.717, 1.165) is 33.0 Å². The van der Waals surface area contributed by atoms with E-state index in [-0.39, 0.29) is 12.4 Å². The molecule has 140 valence electrons. The molecule has 0 saturated carbocycles. The van der Waals surface area contributed by atoms with E-state index in [1.165, 1.54) is 0 Å². The molecule has 3 nitrogen and oxygen atoms in total. The molecule has 0 spiro atoms. The molecule has 0 radical (unpaired) electrons. The van der Waals surface area contributed by atoms with E-state index in [4.69, 9.17) is 16.6 Å². The first-order valence-corrected chi connectivity index (χ1v) is 8.80. The summed E-state index contributed by atoms with van der Waals surface area (Å²) in [5, 5.41) is 12.6. The third kappa shape index (κ3) is 4.89. The fourth-order valence-corrected chi connectivity index (χ4v) is 2.74. The molecule has 3 rings (SSSR count). The molecule has 5 heteroatoms. The monoisotopic (exact) mass is 400 g/mol. The number of hydrogen-bond donors (Lipinski definition) is 1. The maximum absolute atomic E-state index is 10.9. The van der Waals surface area contributed by atoms with E-state index in [2.05, 4.69) is 13.0 Å². The highest BCUT2D eigenvalue weighted by Crippen LogP contribution is 2.25. The van der Waals surface area contributed by atoms with Crippen molar-refractivity contribution >= 4 is 41.2 Å². The summed E-state index contributed by atoms with van der Waals surface area (Å²) in [4.78, 5) is 4.78. The highest BCUT2D eigenvalue weighted by Gasteiger charge is 2.15. The summed E-state index contributed by atoms with van der Waals surface area (Å²) in [6.07, 6.45) is 0. The van der Waals surface area contributed by atoms with E-state index in [1.54, 1.807) is 24.3 Å². The van der Waals surface area contributed by atoms with Crippen molar-refractivity contribution in [3.05, 3.63) is 94.0 Å². The number of benzene rings is 3. The van der Waals surface area contributed by atoms with Gasteiger partial charge in [-0.15, -0.1) is 12.4 Å². The van der Waals surface area contributed by atoms with E-state index in [0.29, 0.717) is 16.5 Å². The summed E-state index contributed by atoms with van der Waals surface area (Å²) >= 11 is 5.97. The van der Waals surface area contributed by atoms with Crippen molar-refractivity contribution in [2.45, 2.75) is 20.8 Å². The molecule has 0 aliphatic rings. The Labute approximate surface area is 171 Å². The van der Waals surface area contributed by atoms with Gasteiger partial charge in [0, 0.05) is 10.6 Å². The number of nitrogens with zero attached hydrogens (tertiary/aromatic N) is 2. The van der Waals surface area contributed by atoms with Crippen LogP contribution in [0.25, 0.3) is 0 Å². The summed E-state index contributed by atoms with van der Waals surface area (Å²) in [5.74, 6) is 0.459. The van der Waals surface area contributed by atoms with E-state index in [1.807, 2.05) is 50.2 Å². The summed E-state index contributed by atoms with van der Waals surface area (Å²) in [6.45, 7) is 6.11. The number of hydrogen-bond acceptors (Lipinski definition) is 2. The highest BCUT2D eigenvalue weighted by molar-refractivity contribution is 6.30. The van der Waals surface area contributed by atoms with Gasteiger partial charge in [-0.3, -0.25) is 5.21 Å². The average molecular weight is 401 g/mol. The predicted octanol–water partition coefficient (Wildman–Crippen LogP) is 6.66. The molecule has 0 aliphatic carbocycles. The Kier molecular flexibility index (Phi) is 7.03. The lowest BCUT2D eigenvalue weighted by Crippen LogP contribution is -2.28. The Bertz CT molecular complexity index is 936. The van der Waals surface area contributed by atoms with Crippen LogP contribution in [-0.4, -0.2) is 11.0 Å². The first-order valence-electron chi connectivity index (χ1n) is 8.42. The van der Waals surface area contributed by atoms with Gasteiger partial charge < -0.3 is 0 Å². The third-order valence-corrected chi connectivity index (χ3v) is 4.64. The SMILES string of the molecule is Cc1ccc(C(=Nc2cccc(C)c2C)N(O)c2ccc(Cl)cc2)cc1.Cl. The molecule has 0 amide bonds. The van der Waals surface area contributed by atoms with Gasteiger partial charge in [-0.05, 0) is 62.2 Å². The molecule has 3 aromatic rings. The predicted molar refractivity (Wildman–Crippen MR) is 116 cm³/mol. The molecule has 1 N–H and O–H groups in total. The zero-order valence-corrected chi connectivity index (χ0v) is 17.1. The molecule has 0 fully saturated rings. The van der Waals surface area contributed by atoms with Crippen LogP contribution >= 0.6 is 24.0 Å². The summed E-state index contributed by atoms with van der Waals surface area (Å²) < 4.78 is 0. The molecule has 0 heterocycles. The van der Waals surface area contributed by atoms with Gasteiger partial charge in [-0.25, -0.2) is 10.1 Å². The molecular weight excluding hydrogens is 379 g/mol. The van der Waals surface area contributed by atoms with Crippen molar-refractivity contribution in [1.29, 1.82) is 0 Å². The third-order valence-electron chi connectivity index (χ3n) is 4.38. The Balaban J connectivity index is 0.00000261. The fraction of sp³-hybridized carbons (Fsp3) is 0.136. The van der Waals surface area contributed by atoms with E-state index < -0.39 is 0 Å². The second-order valence-corrected chi connectivity index (χ2v) is 6.75. The highest BCUT2D eigenvalue weighted by atomic mass is 35.5. The zero-order valence-electron chi connectivity index (χ0n) is 15.5. The van der Waals surface area contributed by atoms with Crippen molar-refractivity contribution < 1.29 is 5.21 Å². The van der Waals surface area contributed by atoms with Crippen LogP contribution in [0.2, 0.25) is 5.02 Å². The van der Waals surface area contributed by atoms with Gasteiger partial charge in [0.15, 0.2) is 5.84 Å². The minimum atomic E-state index is 0. The van der Waals surface area contributed by atoms with Gasteiger partial charge >= 0.3 is 0 Å². The number of amidine groups is 1. The first kappa shape index (κ1) is 21.0. The van der Waals surface area contributed by atoms with Gasteiger partial charge in [0.25, 0.3) is 0 Å². The second kappa shape index (κ2) is 9.05. The molecule has 0 aromatic heterocycles. The van der Waals surface area contributed by atoms with Crippen molar-refractivity contribution in [2.75, 3.05) is 5.06 Å². The summed E-state index contributed by atoms with van der Waals surface area (Å²) in [5.41, 5.74) is 5.64. The van der Waals surface area contributed by atoms with Crippen LogP contribution < -0.4 is 5.06 Å². The van der Waals surface area contributed by atoms with Gasteiger partial charge in [0.1, 0.15) is 0 Å². The lowest BCUT2D eigenvalue weighted by Gasteiger charge is -2.20. The summed E-state index contributed by atoms with van der Waals surface area (Å²) in [7, 11) is 0. The Morgan fingerprint density at radius 1 is 0.889 bits per heavy atom. The Hall–Kier alpha value is -2.33. The number of hydroxylamine groups is 1. The Morgan fingerprint density at radius 3 is 2.15 bits per heavy atom. The molecule has 3 aromatic carbocycles. The smallest absolute Gasteiger partial charge is 0.165 e. The average Bonchev–Trinajstić information content (AvgIpc) is 2.64. The molecule has 0 unspecified atom stereocenters. The number of aliphatic imine (C=N–C) groups is 1. The maximum Gasteiger partial charge on any atom is 0.165 e. The van der Waals surface area contributed by atoms with Gasteiger partial charge in [0.05, 0.1) is 11.4 Å². The van der Waals surface area contributed by atoms with Crippen LogP contribution in [-0.2, 0) is 0 Å². The van der Waals surface area contributed by atoms with E-state index >= 15 is 0 Å². The number of rotatable bonds is 3. The van der Waals surface area contributed by atoms with Crippen LogP contribution in [0.15, 0.2) is 71.7 Å². The standard InChI is InChI=1S/C22H21ClN2O.ClH/c1-15-7-9-18(10-8-15)22(24-21-6-4-5-16(2)17(21)3)25(26)20-13-11-19(23)12-14-20;/h4-14,26H,1-3H3;1H. The van der Waals surface area contributed by atoms with Gasteiger partial charge in [0.2, 0.25) is 0 Å². The summed E-state index contributed by atoms with van der Waals surface area (Å²) in [6, 6.07) is 20.9. The largest absolute Gasteiger partial charge is 0.282 e. The normalized spacial score (nSPS) is 11.1. The van der Waals surface area contributed by atoms with Crippen LogP contribution in [0, 0.1) is 20.8 Å². The number of aryl methyl sites for hydroxylation is 2. The first-order chi connectivity index (χ1) is 12.5. The lowest BCUT2D eigenvalue weighted by atomic mass is 10.1. The number of halogens is 2. The topological polar surface area (TPSA) is 35.8 Å². The van der Waals surface area contributed by atoms with Crippen LogP contribution in [0.3, 0.4) is 0 Å². The molecule has 0 bridgehead atoms. The van der Waals surface area contributed by atoms with E-state index in [9.17, 15) is 5.21 Å². The Morgan fingerprint density at radius 2 is 1.52 bits per heavy atom. The van der Waals surface area contributed by atoms with Crippen molar-refractivity contribution in [2.24, 2.45) is 4.99 Å². The molecule has 0 atom stereocenters. The van der Waals surface area contributed by atoms with Crippen molar-refractivity contribution in [3.63, 3.8) is 0 Å². The van der Waals surface area contributed by atoms with Crippen LogP contribution in [0.4, 0.5) is 11.4 Å². The molecule has 27 heavy (non-hydrogen) atoms. The van der Waals surface area contributed by atoms with Gasteiger partial charge in [-0.2, -0.15) is 0 Å². The molecular formula is C22H22Cl2N2O. The zero-order chi connectivity index (χ0) is 18.7. The second-order valence-electron chi connectivity index (χ2n) is 6.31. The molecule has 0 aliphatic heterocycles. The quantitative estimate of drug-likeness (QED) is 0.303. The number of anilines is 1. The van der Waals surface area contributed by atoms with Crippen molar-refractivity contribution in [3.8, 4) is 0 Å². The van der Waals surface area contributed by atoms with Crippen molar-refractivity contribution in [1.82, 2.24) is 0 Å². The fourth-order valence-electron chi connectivity index (χ4n) is 2.61. The maximum atomic E-state index is 10.9.